The van der Waals surface area contributed by atoms with Crippen LogP contribution in [0.25, 0.3) is 0 Å². The van der Waals surface area contributed by atoms with Gasteiger partial charge in [0.15, 0.2) is 0 Å². The van der Waals surface area contributed by atoms with Crippen molar-refractivity contribution in [3.8, 4) is 0 Å². The van der Waals surface area contributed by atoms with E-state index >= 15 is 0 Å². The lowest BCUT2D eigenvalue weighted by Gasteiger charge is -2.31. The van der Waals surface area contributed by atoms with Crippen LogP contribution in [0.15, 0.2) is 18.2 Å². The first-order chi connectivity index (χ1) is 9.92. The molecule has 1 aromatic rings. The molecule has 2 rings (SSSR count). The first-order valence-electron chi connectivity index (χ1n) is 8.03. The topological polar surface area (TPSA) is 55.1 Å². The molecule has 0 spiro atoms. The summed E-state index contributed by atoms with van der Waals surface area (Å²) in [7, 11) is 0. The summed E-state index contributed by atoms with van der Waals surface area (Å²) in [5.41, 5.74) is 9.53. The van der Waals surface area contributed by atoms with E-state index in [-0.39, 0.29) is 11.4 Å². The van der Waals surface area contributed by atoms with Gasteiger partial charge in [0.25, 0.3) is 0 Å². The van der Waals surface area contributed by atoms with E-state index in [9.17, 15) is 4.79 Å². The first kappa shape index (κ1) is 16.0. The van der Waals surface area contributed by atoms with Crippen LogP contribution in [0.1, 0.15) is 50.3 Å². The van der Waals surface area contributed by atoms with Crippen molar-refractivity contribution in [3.63, 3.8) is 0 Å². The Morgan fingerprint density at radius 1 is 1.33 bits per heavy atom. The third kappa shape index (κ3) is 4.31. The molecule has 0 radical (unpaired) electrons. The molecule has 3 N–H and O–H groups in total. The number of carbonyl (C=O) groups is 1. The molecule has 0 saturated carbocycles. The molecule has 1 aliphatic rings. The van der Waals surface area contributed by atoms with Crippen LogP contribution in [-0.4, -0.2) is 18.0 Å². The summed E-state index contributed by atoms with van der Waals surface area (Å²) in [6.45, 7) is 6.82. The predicted molar refractivity (Wildman–Crippen MR) is 87.2 cm³/mol. The summed E-state index contributed by atoms with van der Waals surface area (Å²) in [6, 6.07) is 6.47. The molecule has 0 bridgehead atoms. The Bertz CT molecular complexity index is 510. The second kappa shape index (κ2) is 6.61. The zero-order chi connectivity index (χ0) is 15.5. The van der Waals surface area contributed by atoms with Crippen molar-refractivity contribution < 1.29 is 4.79 Å². The molecule has 3 heteroatoms. The van der Waals surface area contributed by atoms with Gasteiger partial charge in [-0.15, -0.1) is 0 Å². The molecule has 116 valence electrons. The number of amides is 1. The molecule has 3 nitrogen and oxygen atoms in total. The fourth-order valence-corrected chi connectivity index (χ4v) is 3.39. The van der Waals surface area contributed by atoms with Gasteiger partial charge >= 0.3 is 0 Å². The van der Waals surface area contributed by atoms with Gasteiger partial charge in [-0.1, -0.05) is 32.0 Å². The Morgan fingerprint density at radius 3 is 2.71 bits per heavy atom. The molecule has 21 heavy (non-hydrogen) atoms. The van der Waals surface area contributed by atoms with Crippen LogP contribution in [0.4, 0.5) is 0 Å². The second-order valence-corrected chi connectivity index (χ2v) is 7.04. The lowest BCUT2D eigenvalue weighted by atomic mass is 9.90. The first-order valence-corrected chi connectivity index (χ1v) is 8.03. The third-order valence-corrected chi connectivity index (χ3v) is 4.28. The normalized spacial score (nSPS) is 16.6. The summed E-state index contributed by atoms with van der Waals surface area (Å²) in [5, 5.41) is 3.13. The Labute approximate surface area is 128 Å². The molecule has 0 heterocycles. The van der Waals surface area contributed by atoms with E-state index in [0.29, 0.717) is 18.9 Å². The number of nitrogens with two attached hydrogens (primary N) is 1. The average Bonchev–Trinajstić information content (AvgIpc) is 2.84. The molecule has 1 aromatic carbocycles. The van der Waals surface area contributed by atoms with E-state index in [1.165, 1.54) is 24.0 Å². The van der Waals surface area contributed by atoms with E-state index in [4.69, 9.17) is 5.73 Å². The highest BCUT2D eigenvalue weighted by molar-refractivity contribution is 5.79. The van der Waals surface area contributed by atoms with Crippen LogP contribution in [-0.2, 0) is 24.1 Å². The van der Waals surface area contributed by atoms with E-state index in [0.717, 1.165) is 18.4 Å². The Balaban J connectivity index is 1.98. The predicted octanol–water partition coefficient (Wildman–Crippen LogP) is 2.60. The van der Waals surface area contributed by atoms with Crippen molar-refractivity contribution in [1.29, 1.82) is 0 Å². The number of carbonyl (C=O) groups excluding carboxylic acids is 1. The second-order valence-electron chi connectivity index (χ2n) is 7.04. The SMILES string of the molecule is CC(C)CC(C)(CN)NC(=O)Cc1ccc2c(c1)CCC2. The highest BCUT2D eigenvalue weighted by Gasteiger charge is 2.25. The van der Waals surface area contributed by atoms with Gasteiger partial charge in [-0.05, 0) is 55.2 Å². The molecule has 1 atom stereocenters. The van der Waals surface area contributed by atoms with Crippen LogP contribution in [0.5, 0.6) is 0 Å². The lowest BCUT2D eigenvalue weighted by Crippen LogP contribution is -2.52. The van der Waals surface area contributed by atoms with Gasteiger partial charge in [-0.3, -0.25) is 4.79 Å². The zero-order valence-electron chi connectivity index (χ0n) is 13.5. The minimum atomic E-state index is -0.304. The number of aryl methyl sites for hydroxylation is 2. The van der Waals surface area contributed by atoms with Gasteiger partial charge < -0.3 is 11.1 Å². The van der Waals surface area contributed by atoms with Gasteiger partial charge in [-0.25, -0.2) is 0 Å². The van der Waals surface area contributed by atoms with E-state index in [2.05, 4.69) is 37.4 Å². The van der Waals surface area contributed by atoms with Gasteiger partial charge in [-0.2, -0.15) is 0 Å². The zero-order valence-corrected chi connectivity index (χ0v) is 13.5. The number of hydrogen-bond donors (Lipinski definition) is 2. The minimum absolute atomic E-state index is 0.0709. The maximum absolute atomic E-state index is 12.3. The maximum Gasteiger partial charge on any atom is 0.224 e. The van der Waals surface area contributed by atoms with Gasteiger partial charge in [0, 0.05) is 12.1 Å². The fourth-order valence-electron chi connectivity index (χ4n) is 3.39. The number of benzene rings is 1. The highest BCUT2D eigenvalue weighted by atomic mass is 16.1. The quantitative estimate of drug-likeness (QED) is 0.845. The summed E-state index contributed by atoms with van der Waals surface area (Å²) in [6.07, 6.45) is 4.92. The molecule has 0 aliphatic heterocycles. The minimum Gasteiger partial charge on any atom is -0.349 e. The number of hydrogen-bond acceptors (Lipinski definition) is 2. The van der Waals surface area contributed by atoms with E-state index in [1.807, 2.05) is 6.92 Å². The summed E-state index contributed by atoms with van der Waals surface area (Å²) in [5.74, 6) is 0.584. The standard InChI is InChI=1S/C18H28N2O/c1-13(2)11-18(3,12-19)20-17(21)10-14-7-8-15-5-4-6-16(15)9-14/h7-9,13H,4-6,10-12,19H2,1-3H3,(H,20,21). The van der Waals surface area contributed by atoms with Crippen LogP contribution < -0.4 is 11.1 Å². The van der Waals surface area contributed by atoms with Crippen molar-refractivity contribution in [2.75, 3.05) is 6.54 Å². The van der Waals surface area contributed by atoms with Gasteiger partial charge in [0.1, 0.15) is 0 Å². The Kier molecular flexibility index (Phi) is 5.04. The number of nitrogens with one attached hydrogen (secondary N) is 1. The monoisotopic (exact) mass is 288 g/mol. The van der Waals surface area contributed by atoms with E-state index < -0.39 is 0 Å². The van der Waals surface area contributed by atoms with Crippen LogP contribution in [0, 0.1) is 5.92 Å². The molecule has 0 saturated heterocycles. The summed E-state index contributed by atoms with van der Waals surface area (Å²) < 4.78 is 0. The average molecular weight is 288 g/mol. The molecular weight excluding hydrogens is 260 g/mol. The number of rotatable bonds is 6. The van der Waals surface area contributed by atoms with Crippen molar-refractivity contribution in [3.05, 3.63) is 34.9 Å². The molecular formula is C18H28N2O. The Hall–Kier alpha value is -1.35. The fraction of sp³-hybridized carbons (Fsp3) is 0.611. The summed E-state index contributed by atoms with van der Waals surface area (Å²) >= 11 is 0. The summed E-state index contributed by atoms with van der Waals surface area (Å²) in [4.78, 5) is 12.3. The van der Waals surface area contributed by atoms with Gasteiger partial charge in [0.05, 0.1) is 6.42 Å². The van der Waals surface area contributed by atoms with Crippen molar-refractivity contribution in [2.24, 2.45) is 11.7 Å². The molecule has 1 aliphatic carbocycles. The largest absolute Gasteiger partial charge is 0.349 e. The van der Waals surface area contributed by atoms with Gasteiger partial charge in [0.2, 0.25) is 5.91 Å². The van der Waals surface area contributed by atoms with Crippen molar-refractivity contribution in [1.82, 2.24) is 5.32 Å². The molecule has 0 fully saturated rings. The van der Waals surface area contributed by atoms with Crippen LogP contribution >= 0.6 is 0 Å². The van der Waals surface area contributed by atoms with E-state index in [1.54, 1.807) is 0 Å². The third-order valence-electron chi connectivity index (χ3n) is 4.28. The number of fused-ring (bicyclic) bond motifs is 1. The lowest BCUT2D eigenvalue weighted by molar-refractivity contribution is -0.122. The smallest absolute Gasteiger partial charge is 0.224 e. The molecule has 0 aromatic heterocycles. The van der Waals surface area contributed by atoms with Crippen molar-refractivity contribution >= 4 is 5.91 Å². The maximum atomic E-state index is 12.3. The molecule has 1 unspecified atom stereocenters. The molecule has 1 amide bonds. The van der Waals surface area contributed by atoms with Crippen LogP contribution in [0.2, 0.25) is 0 Å². The Morgan fingerprint density at radius 2 is 2.05 bits per heavy atom. The van der Waals surface area contributed by atoms with Crippen LogP contribution in [0.3, 0.4) is 0 Å². The highest BCUT2D eigenvalue weighted by Crippen LogP contribution is 2.23. The van der Waals surface area contributed by atoms with Crippen molar-refractivity contribution in [2.45, 2.75) is 58.4 Å².